The zero-order valence-electron chi connectivity index (χ0n) is 22.4. The topological polar surface area (TPSA) is 121 Å². The molecule has 1 aromatic heterocycles. The number of aliphatic hydroxyl groups is 1. The van der Waals surface area contributed by atoms with Gasteiger partial charge in [0, 0.05) is 29.9 Å². The Morgan fingerprint density at radius 3 is 2.35 bits per heavy atom. The van der Waals surface area contributed by atoms with Crippen LogP contribution in [0, 0.1) is 13.8 Å². The van der Waals surface area contributed by atoms with Gasteiger partial charge >= 0.3 is 5.97 Å². The molecule has 1 aromatic carbocycles. The third kappa shape index (κ3) is 4.93. The number of hydrogen-bond donors (Lipinski definition) is 2. The molecule has 1 fully saturated rings. The highest BCUT2D eigenvalue weighted by Crippen LogP contribution is 2.46. The molecule has 2 N–H and O–H groups in total. The first-order valence-corrected chi connectivity index (χ1v) is 12.2. The first-order chi connectivity index (χ1) is 17.7. The largest absolute Gasteiger partial charge is 0.507 e. The second-order valence-electron chi connectivity index (χ2n) is 8.72. The number of para-hydroxylation sites is 1. The summed E-state index contributed by atoms with van der Waals surface area (Å²) >= 11 is 0. The van der Waals surface area contributed by atoms with E-state index in [1.807, 2.05) is 13.8 Å². The van der Waals surface area contributed by atoms with Crippen LogP contribution >= 0.6 is 0 Å². The normalized spacial score (nSPS) is 17.0. The molecule has 200 valence electrons. The third-order valence-electron chi connectivity index (χ3n) is 6.88. The van der Waals surface area contributed by atoms with Gasteiger partial charge in [-0.3, -0.25) is 9.59 Å². The fourth-order valence-electron chi connectivity index (χ4n) is 4.90. The summed E-state index contributed by atoms with van der Waals surface area (Å²) in [6.45, 7) is 9.73. The first-order valence-electron chi connectivity index (χ1n) is 12.2. The van der Waals surface area contributed by atoms with Gasteiger partial charge in [0.2, 0.25) is 0 Å². The number of carbonyl (C=O) groups excluding carboxylic acids is 3. The number of carbonyl (C=O) groups is 3. The molecule has 1 amide bonds. The summed E-state index contributed by atoms with van der Waals surface area (Å²) in [7, 11) is 4.24. The molecule has 10 nitrogen and oxygen atoms in total. The molecule has 2 heterocycles. The number of likely N-dealkylation sites (tertiary alicyclic amines) is 1. The van der Waals surface area contributed by atoms with Crippen LogP contribution in [-0.2, 0) is 14.3 Å². The van der Waals surface area contributed by atoms with Gasteiger partial charge in [0.1, 0.15) is 11.5 Å². The van der Waals surface area contributed by atoms with Gasteiger partial charge < -0.3 is 34.1 Å². The molecule has 2 aromatic rings. The van der Waals surface area contributed by atoms with Crippen LogP contribution < -0.4 is 9.47 Å². The minimum atomic E-state index is -0.934. The first kappa shape index (κ1) is 27.8. The SMILES string of the molecule is CCN(CC)CCN1C(=O)C(=O)C(=C(O)c2c(C)[nH]c(C(=O)OC)c2C)[C@H]1c1cccc(OC)c1OC. The summed E-state index contributed by atoms with van der Waals surface area (Å²) in [6.07, 6.45) is 0. The average molecular weight is 514 g/mol. The summed E-state index contributed by atoms with van der Waals surface area (Å²) in [5, 5.41) is 11.6. The number of nitrogens with zero attached hydrogens (tertiary/aromatic N) is 2. The summed E-state index contributed by atoms with van der Waals surface area (Å²) in [5.74, 6) is -1.73. The molecule has 3 rings (SSSR count). The van der Waals surface area contributed by atoms with Crippen LogP contribution in [0.4, 0.5) is 0 Å². The number of ether oxygens (including phenoxy) is 3. The molecule has 0 unspecified atom stereocenters. The maximum absolute atomic E-state index is 13.5. The lowest BCUT2D eigenvalue weighted by Crippen LogP contribution is -2.38. The van der Waals surface area contributed by atoms with E-state index in [9.17, 15) is 19.5 Å². The number of rotatable bonds is 10. The lowest BCUT2D eigenvalue weighted by Gasteiger charge is -2.29. The van der Waals surface area contributed by atoms with E-state index >= 15 is 0 Å². The Labute approximate surface area is 216 Å². The maximum Gasteiger partial charge on any atom is 0.354 e. The Hall–Kier alpha value is -3.79. The number of Topliss-reactive ketones (excluding diaryl/α,β-unsaturated/α-hetero) is 1. The zero-order valence-corrected chi connectivity index (χ0v) is 22.4. The number of aromatic nitrogens is 1. The number of aromatic amines is 1. The molecule has 1 atom stereocenters. The second-order valence-corrected chi connectivity index (χ2v) is 8.72. The molecule has 37 heavy (non-hydrogen) atoms. The van der Waals surface area contributed by atoms with Gasteiger partial charge in [-0.15, -0.1) is 0 Å². The molecular formula is C27H35N3O7. The number of benzene rings is 1. The zero-order chi connectivity index (χ0) is 27.4. The van der Waals surface area contributed by atoms with Gasteiger partial charge in [-0.05, 0) is 38.6 Å². The Morgan fingerprint density at radius 1 is 1.11 bits per heavy atom. The van der Waals surface area contributed by atoms with E-state index in [2.05, 4.69) is 9.88 Å². The van der Waals surface area contributed by atoms with E-state index in [1.165, 1.54) is 26.2 Å². The summed E-state index contributed by atoms with van der Waals surface area (Å²) in [6, 6.07) is 4.26. The van der Waals surface area contributed by atoms with Crippen molar-refractivity contribution in [1.82, 2.24) is 14.8 Å². The van der Waals surface area contributed by atoms with Gasteiger partial charge in [0.25, 0.3) is 11.7 Å². The van der Waals surface area contributed by atoms with Gasteiger partial charge in [-0.25, -0.2) is 4.79 Å². The van der Waals surface area contributed by atoms with Crippen molar-refractivity contribution < 1.29 is 33.7 Å². The molecule has 0 bridgehead atoms. The van der Waals surface area contributed by atoms with E-state index in [-0.39, 0.29) is 29.1 Å². The van der Waals surface area contributed by atoms with Crippen molar-refractivity contribution in [1.29, 1.82) is 0 Å². The number of amides is 1. The van der Waals surface area contributed by atoms with Crippen LogP contribution in [0.25, 0.3) is 5.76 Å². The lowest BCUT2D eigenvalue weighted by atomic mass is 9.93. The lowest BCUT2D eigenvalue weighted by molar-refractivity contribution is -0.140. The fraction of sp³-hybridized carbons (Fsp3) is 0.444. The Kier molecular flexibility index (Phi) is 8.65. The molecule has 1 saturated heterocycles. The minimum Gasteiger partial charge on any atom is -0.507 e. The molecular weight excluding hydrogens is 478 g/mol. The second kappa shape index (κ2) is 11.5. The standard InChI is InChI=1S/C27H35N3O7/c1-8-29(9-2)13-14-30-22(17-11-10-12-18(35-5)25(17)36-6)20(24(32)26(30)33)23(31)19-15(3)21(27(34)37-7)28-16(19)4/h10-12,22,28,31H,8-9,13-14H2,1-7H3/t22-/m1/s1. The molecule has 1 aliphatic rings. The number of H-pyrrole nitrogens is 1. The van der Waals surface area contributed by atoms with Crippen molar-refractivity contribution in [2.75, 3.05) is 47.5 Å². The van der Waals surface area contributed by atoms with Crippen molar-refractivity contribution >= 4 is 23.4 Å². The Bertz CT molecular complexity index is 1230. The van der Waals surface area contributed by atoms with Crippen molar-refractivity contribution in [3.05, 3.63) is 51.9 Å². The summed E-state index contributed by atoms with van der Waals surface area (Å²) in [5.41, 5.74) is 1.72. The van der Waals surface area contributed by atoms with E-state index < -0.39 is 23.7 Å². The predicted octanol–water partition coefficient (Wildman–Crippen LogP) is 3.20. The average Bonchev–Trinajstić information content (AvgIpc) is 3.34. The Balaban J connectivity index is 2.28. The van der Waals surface area contributed by atoms with Crippen LogP contribution in [0.2, 0.25) is 0 Å². The van der Waals surface area contributed by atoms with E-state index in [0.717, 1.165) is 13.1 Å². The van der Waals surface area contributed by atoms with Crippen LogP contribution in [0.1, 0.15) is 52.8 Å². The molecule has 0 saturated carbocycles. The number of aryl methyl sites for hydroxylation is 1. The van der Waals surface area contributed by atoms with Gasteiger partial charge in [0.05, 0.1) is 32.9 Å². The number of likely N-dealkylation sites (N-methyl/N-ethyl adjacent to an activating group) is 1. The maximum atomic E-state index is 13.5. The number of methoxy groups -OCH3 is 3. The van der Waals surface area contributed by atoms with Crippen LogP contribution in [0.15, 0.2) is 23.8 Å². The highest BCUT2D eigenvalue weighted by molar-refractivity contribution is 6.46. The van der Waals surface area contributed by atoms with Crippen LogP contribution in [0.3, 0.4) is 0 Å². The smallest absolute Gasteiger partial charge is 0.354 e. The van der Waals surface area contributed by atoms with Crippen molar-refractivity contribution in [3.63, 3.8) is 0 Å². The van der Waals surface area contributed by atoms with Gasteiger partial charge in [-0.1, -0.05) is 26.0 Å². The van der Waals surface area contributed by atoms with Crippen molar-refractivity contribution in [2.24, 2.45) is 0 Å². The van der Waals surface area contributed by atoms with Crippen LogP contribution in [0.5, 0.6) is 11.5 Å². The number of hydrogen-bond acceptors (Lipinski definition) is 8. The number of ketones is 1. The molecule has 0 radical (unpaired) electrons. The van der Waals surface area contributed by atoms with E-state index in [4.69, 9.17) is 14.2 Å². The van der Waals surface area contributed by atoms with Crippen LogP contribution in [-0.4, -0.2) is 85.1 Å². The highest BCUT2D eigenvalue weighted by Gasteiger charge is 2.47. The Morgan fingerprint density at radius 2 is 1.78 bits per heavy atom. The van der Waals surface area contributed by atoms with Gasteiger partial charge in [-0.2, -0.15) is 0 Å². The van der Waals surface area contributed by atoms with Crippen molar-refractivity contribution in [3.8, 4) is 11.5 Å². The van der Waals surface area contributed by atoms with E-state index in [0.29, 0.717) is 34.9 Å². The summed E-state index contributed by atoms with van der Waals surface area (Å²) < 4.78 is 15.9. The number of aliphatic hydroxyl groups excluding tert-OH is 1. The molecule has 0 aliphatic carbocycles. The minimum absolute atomic E-state index is 0.0854. The molecule has 1 aliphatic heterocycles. The van der Waals surface area contributed by atoms with Crippen molar-refractivity contribution in [2.45, 2.75) is 33.7 Å². The fourth-order valence-corrected chi connectivity index (χ4v) is 4.90. The number of esters is 1. The quantitative estimate of drug-likeness (QED) is 0.215. The monoisotopic (exact) mass is 513 g/mol. The van der Waals surface area contributed by atoms with E-state index in [1.54, 1.807) is 32.0 Å². The predicted molar refractivity (Wildman–Crippen MR) is 138 cm³/mol. The molecule has 10 heteroatoms. The van der Waals surface area contributed by atoms with Gasteiger partial charge in [0.15, 0.2) is 11.5 Å². The summed E-state index contributed by atoms with van der Waals surface area (Å²) in [4.78, 5) is 45.6. The third-order valence-corrected chi connectivity index (χ3v) is 6.88. The number of nitrogens with one attached hydrogen (secondary N) is 1. The highest BCUT2D eigenvalue weighted by atomic mass is 16.5. The molecule has 0 spiro atoms.